The molecule has 0 unspecified atom stereocenters. The molecule has 0 fully saturated rings. The summed E-state index contributed by atoms with van der Waals surface area (Å²) in [5, 5.41) is 0. The SMILES string of the molecule is CCCCCCCCCCCCCCCC(C)(C)N(CCc1ccccc1)C(C)(C)CCCCCCCCCCCCCCC. The van der Waals surface area contributed by atoms with Crippen molar-refractivity contribution in [3.05, 3.63) is 35.9 Å². The van der Waals surface area contributed by atoms with Crippen molar-refractivity contribution in [1.29, 1.82) is 0 Å². The quantitative estimate of drug-likeness (QED) is 0.0702. The fourth-order valence-corrected chi connectivity index (χ4v) is 7.73. The van der Waals surface area contributed by atoms with E-state index in [1.54, 1.807) is 0 Å². The van der Waals surface area contributed by atoms with Gasteiger partial charge < -0.3 is 0 Å². The minimum absolute atomic E-state index is 0.243. The fourth-order valence-electron chi connectivity index (χ4n) is 7.73. The van der Waals surface area contributed by atoms with Crippen molar-refractivity contribution in [1.82, 2.24) is 4.90 Å². The Balaban J connectivity index is 2.36. The molecule has 0 aliphatic heterocycles. The number of benzene rings is 1. The van der Waals surface area contributed by atoms with Gasteiger partial charge in [0.25, 0.3) is 0 Å². The highest BCUT2D eigenvalue weighted by Crippen LogP contribution is 2.34. The van der Waals surface area contributed by atoms with Crippen molar-refractivity contribution in [2.45, 2.75) is 239 Å². The molecule has 0 aliphatic rings. The minimum atomic E-state index is 0.243. The van der Waals surface area contributed by atoms with E-state index in [1.165, 1.54) is 192 Å². The Labute approximate surface area is 285 Å². The smallest absolute Gasteiger partial charge is 0.0158 e. The van der Waals surface area contributed by atoms with Crippen molar-refractivity contribution in [3.63, 3.8) is 0 Å². The average Bonchev–Trinajstić information content (AvgIpc) is 3.02. The number of hydrogen-bond acceptors (Lipinski definition) is 1. The fraction of sp³-hybridized carbons (Fsp3) is 0.864. The molecular formula is C44H83N. The van der Waals surface area contributed by atoms with Crippen LogP contribution in [-0.4, -0.2) is 22.5 Å². The molecule has 0 atom stereocenters. The summed E-state index contributed by atoms with van der Waals surface area (Å²) in [5.74, 6) is 0. The van der Waals surface area contributed by atoms with Gasteiger partial charge in [-0.1, -0.05) is 211 Å². The van der Waals surface area contributed by atoms with Crippen LogP contribution in [0.4, 0.5) is 0 Å². The Morgan fingerprint density at radius 2 is 0.689 bits per heavy atom. The number of hydrogen-bond donors (Lipinski definition) is 0. The summed E-state index contributed by atoms with van der Waals surface area (Å²) in [5.41, 5.74) is 1.97. The highest BCUT2D eigenvalue weighted by molar-refractivity contribution is 5.15. The summed E-state index contributed by atoms with van der Waals surface area (Å²) in [6, 6.07) is 11.2. The van der Waals surface area contributed by atoms with Gasteiger partial charge in [-0.15, -0.1) is 0 Å². The van der Waals surface area contributed by atoms with Gasteiger partial charge in [0.2, 0.25) is 0 Å². The first-order valence-corrected chi connectivity index (χ1v) is 20.6. The van der Waals surface area contributed by atoms with Gasteiger partial charge in [0.1, 0.15) is 0 Å². The van der Waals surface area contributed by atoms with Crippen LogP contribution in [0.25, 0.3) is 0 Å². The van der Waals surface area contributed by atoms with E-state index in [0.29, 0.717) is 0 Å². The van der Waals surface area contributed by atoms with Crippen LogP contribution >= 0.6 is 0 Å². The Bertz CT molecular complexity index is 693. The Morgan fingerprint density at radius 1 is 0.400 bits per heavy atom. The highest BCUT2D eigenvalue weighted by Gasteiger charge is 2.36. The summed E-state index contributed by atoms with van der Waals surface area (Å²) < 4.78 is 0. The van der Waals surface area contributed by atoms with Crippen LogP contribution in [0.1, 0.15) is 227 Å². The highest BCUT2D eigenvalue weighted by atomic mass is 15.2. The van der Waals surface area contributed by atoms with E-state index in [0.717, 1.165) is 6.42 Å². The lowest BCUT2D eigenvalue weighted by atomic mass is 9.85. The van der Waals surface area contributed by atoms with Crippen LogP contribution in [-0.2, 0) is 6.42 Å². The molecule has 45 heavy (non-hydrogen) atoms. The van der Waals surface area contributed by atoms with Crippen LogP contribution in [0.15, 0.2) is 30.3 Å². The predicted molar refractivity (Wildman–Crippen MR) is 206 cm³/mol. The molecule has 0 heterocycles. The van der Waals surface area contributed by atoms with Gasteiger partial charge in [-0.3, -0.25) is 4.90 Å². The van der Waals surface area contributed by atoms with Gasteiger partial charge in [-0.05, 0) is 52.5 Å². The molecule has 1 aromatic carbocycles. The van der Waals surface area contributed by atoms with E-state index in [4.69, 9.17) is 0 Å². The second-order valence-electron chi connectivity index (χ2n) is 16.0. The van der Waals surface area contributed by atoms with E-state index in [1.807, 2.05) is 0 Å². The summed E-state index contributed by atoms with van der Waals surface area (Å²) in [7, 11) is 0. The zero-order valence-electron chi connectivity index (χ0n) is 32.0. The molecule has 0 spiro atoms. The molecule has 0 aliphatic carbocycles. The number of rotatable bonds is 33. The zero-order chi connectivity index (χ0) is 32.9. The molecule has 1 rings (SSSR count). The van der Waals surface area contributed by atoms with Crippen LogP contribution in [0.2, 0.25) is 0 Å². The van der Waals surface area contributed by atoms with Crippen LogP contribution in [0, 0.1) is 0 Å². The largest absolute Gasteiger partial charge is 0.293 e. The minimum Gasteiger partial charge on any atom is -0.293 e. The van der Waals surface area contributed by atoms with Crippen molar-refractivity contribution < 1.29 is 0 Å². The van der Waals surface area contributed by atoms with Crippen molar-refractivity contribution in [3.8, 4) is 0 Å². The lowest BCUT2D eigenvalue weighted by Gasteiger charge is -2.49. The maximum Gasteiger partial charge on any atom is 0.0158 e. The first-order valence-electron chi connectivity index (χ1n) is 20.6. The summed E-state index contributed by atoms with van der Waals surface area (Å²) >= 11 is 0. The standard InChI is InChI=1S/C44H83N/c1-7-9-11-13-15-17-19-21-23-25-27-29-34-39-43(3,4)45(41-38-42-36-32-31-33-37-42)44(5,6)40-35-30-28-26-24-22-20-18-16-14-12-10-8-2/h31-33,36-37H,7-30,34-35,38-41H2,1-6H3. The monoisotopic (exact) mass is 626 g/mol. The Hall–Kier alpha value is -0.820. The van der Waals surface area contributed by atoms with Crippen LogP contribution < -0.4 is 0 Å². The summed E-state index contributed by atoms with van der Waals surface area (Å²) in [6.07, 6.45) is 41.1. The molecule has 0 saturated heterocycles. The molecule has 1 nitrogen and oxygen atoms in total. The molecule has 1 heteroatoms. The van der Waals surface area contributed by atoms with Gasteiger partial charge in [-0.25, -0.2) is 0 Å². The number of unbranched alkanes of at least 4 members (excludes halogenated alkanes) is 24. The first-order chi connectivity index (χ1) is 21.8. The molecular weight excluding hydrogens is 542 g/mol. The second kappa shape index (κ2) is 28.2. The molecule has 264 valence electrons. The Morgan fingerprint density at radius 3 is 1.00 bits per heavy atom. The van der Waals surface area contributed by atoms with Gasteiger partial charge in [0.05, 0.1) is 0 Å². The van der Waals surface area contributed by atoms with E-state index in [9.17, 15) is 0 Å². The Kier molecular flexibility index (Phi) is 26.5. The van der Waals surface area contributed by atoms with Gasteiger partial charge in [0.15, 0.2) is 0 Å². The van der Waals surface area contributed by atoms with E-state index < -0.39 is 0 Å². The molecule has 0 aromatic heterocycles. The summed E-state index contributed by atoms with van der Waals surface area (Å²) in [6.45, 7) is 16.0. The van der Waals surface area contributed by atoms with Gasteiger partial charge in [-0.2, -0.15) is 0 Å². The van der Waals surface area contributed by atoms with Crippen molar-refractivity contribution >= 4 is 0 Å². The molecule has 0 amide bonds. The van der Waals surface area contributed by atoms with E-state index in [-0.39, 0.29) is 11.1 Å². The normalized spacial score (nSPS) is 12.4. The summed E-state index contributed by atoms with van der Waals surface area (Å²) in [4.78, 5) is 2.91. The van der Waals surface area contributed by atoms with Crippen LogP contribution in [0.3, 0.4) is 0 Å². The maximum absolute atomic E-state index is 2.91. The molecule has 0 N–H and O–H groups in total. The topological polar surface area (TPSA) is 3.24 Å². The van der Waals surface area contributed by atoms with E-state index >= 15 is 0 Å². The lowest BCUT2D eigenvalue weighted by Crippen LogP contribution is -2.56. The zero-order valence-corrected chi connectivity index (χ0v) is 32.0. The third-order valence-corrected chi connectivity index (χ3v) is 10.7. The van der Waals surface area contributed by atoms with Crippen molar-refractivity contribution in [2.24, 2.45) is 0 Å². The molecule has 0 bridgehead atoms. The first kappa shape index (κ1) is 42.2. The maximum atomic E-state index is 2.91. The van der Waals surface area contributed by atoms with Gasteiger partial charge >= 0.3 is 0 Å². The van der Waals surface area contributed by atoms with Crippen LogP contribution in [0.5, 0.6) is 0 Å². The third kappa shape index (κ3) is 23.2. The molecule has 0 radical (unpaired) electrons. The number of nitrogens with zero attached hydrogens (tertiary/aromatic N) is 1. The molecule has 0 saturated carbocycles. The molecule has 1 aromatic rings. The lowest BCUT2D eigenvalue weighted by molar-refractivity contribution is 0.00402. The van der Waals surface area contributed by atoms with Crippen molar-refractivity contribution in [2.75, 3.05) is 6.54 Å². The third-order valence-electron chi connectivity index (χ3n) is 10.7. The van der Waals surface area contributed by atoms with E-state index in [2.05, 4.69) is 76.8 Å². The average molecular weight is 626 g/mol. The second-order valence-corrected chi connectivity index (χ2v) is 16.0. The predicted octanol–water partition coefficient (Wildman–Crippen LogP) is 15.1. The van der Waals surface area contributed by atoms with Gasteiger partial charge in [0, 0.05) is 17.6 Å².